The molecule has 26 heavy (non-hydrogen) atoms. The second-order valence-electron chi connectivity index (χ2n) is 6.15. The van der Waals surface area contributed by atoms with Crippen LogP contribution < -0.4 is 9.47 Å². The molecule has 2 heteroatoms. The largest absolute Gasteiger partial charge is 0.493 e. The quantitative estimate of drug-likeness (QED) is 0.495. The molecule has 0 radical (unpaired) electrons. The lowest BCUT2D eigenvalue weighted by molar-refractivity contribution is 0.306. The van der Waals surface area contributed by atoms with Gasteiger partial charge in [-0.25, -0.2) is 0 Å². The number of hydrogen-bond acceptors (Lipinski definition) is 2. The van der Waals surface area contributed by atoms with Crippen molar-refractivity contribution in [2.45, 2.75) is 46.5 Å². The van der Waals surface area contributed by atoms with Crippen LogP contribution in [0.2, 0.25) is 0 Å². The zero-order chi connectivity index (χ0) is 18.8. The number of fused-ring (bicyclic) bond motifs is 1. The van der Waals surface area contributed by atoms with Crippen molar-refractivity contribution in [1.82, 2.24) is 0 Å². The highest BCUT2D eigenvalue weighted by molar-refractivity contribution is 5.95. The van der Waals surface area contributed by atoms with Crippen molar-refractivity contribution < 1.29 is 9.47 Å². The highest BCUT2D eigenvalue weighted by atomic mass is 16.5. The predicted molar refractivity (Wildman–Crippen MR) is 108 cm³/mol. The molecule has 0 aliphatic heterocycles. The first kappa shape index (κ1) is 19.3. The van der Waals surface area contributed by atoms with Crippen molar-refractivity contribution in [3.8, 4) is 47.7 Å². The first-order chi connectivity index (χ1) is 12.7. The van der Waals surface area contributed by atoms with Crippen LogP contribution in [0.3, 0.4) is 0 Å². The van der Waals surface area contributed by atoms with Gasteiger partial charge >= 0.3 is 0 Å². The van der Waals surface area contributed by atoms with E-state index in [0.717, 1.165) is 46.4 Å². The highest BCUT2D eigenvalue weighted by Gasteiger charge is 2.12. The summed E-state index contributed by atoms with van der Waals surface area (Å²) in [5, 5.41) is 2.02. The summed E-state index contributed by atoms with van der Waals surface area (Å²) in [4.78, 5) is 0. The van der Waals surface area contributed by atoms with Gasteiger partial charge in [-0.05, 0) is 43.2 Å². The Kier molecular flexibility index (Phi) is 7.49. The van der Waals surface area contributed by atoms with Crippen molar-refractivity contribution in [3.63, 3.8) is 0 Å². The Labute approximate surface area is 156 Å². The average Bonchev–Trinajstić information content (AvgIpc) is 2.64. The maximum absolute atomic E-state index is 6.11. The van der Waals surface area contributed by atoms with Crippen molar-refractivity contribution in [2.24, 2.45) is 0 Å². The van der Waals surface area contributed by atoms with Gasteiger partial charge in [-0.3, -0.25) is 0 Å². The van der Waals surface area contributed by atoms with E-state index < -0.39 is 0 Å². The summed E-state index contributed by atoms with van der Waals surface area (Å²) < 4.78 is 11.8. The summed E-state index contributed by atoms with van der Waals surface area (Å²) >= 11 is 0. The van der Waals surface area contributed by atoms with Gasteiger partial charge in [-0.1, -0.05) is 50.5 Å². The number of benzene rings is 2. The minimum absolute atomic E-state index is 0.728. The normalized spacial score (nSPS) is 9.46. The molecule has 0 saturated heterocycles. The van der Waals surface area contributed by atoms with Crippen LogP contribution >= 0.6 is 0 Å². The molecule has 0 aliphatic carbocycles. The van der Waals surface area contributed by atoms with Crippen molar-refractivity contribution in [1.29, 1.82) is 0 Å². The third kappa shape index (κ3) is 4.99. The number of aryl methyl sites for hydroxylation is 2. The number of ether oxygens (including phenoxy) is 2. The Morgan fingerprint density at radius 3 is 2.23 bits per heavy atom. The standard InChI is InChI=1S/C24H24O2/c1-5-7-9-11-17-25-23-19(3)13-16-22-21(23)15-14-20(4)24(22)26-18-12-10-8-6-2/h1,13-16H,6,8,10,12,18H2,2-4H3. The molecule has 2 aromatic carbocycles. The molecule has 132 valence electrons. The summed E-state index contributed by atoms with van der Waals surface area (Å²) in [6.45, 7) is 7.00. The first-order valence-corrected chi connectivity index (χ1v) is 8.97. The Balaban J connectivity index is 2.30. The van der Waals surface area contributed by atoms with E-state index >= 15 is 0 Å². The molecule has 0 spiro atoms. The third-order valence-electron chi connectivity index (χ3n) is 4.14. The van der Waals surface area contributed by atoms with Crippen molar-refractivity contribution in [3.05, 3.63) is 35.4 Å². The fraction of sp³-hybridized carbons (Fsp3) is 0.333. The summed E-state index contributed by atoms with van der Waals surface area (Å²) in [7, 11) is 0. The highest BCUT2D eigenvalue weighted by Crippen LogP contribution is 2.37. The van der Waals surface area contributed by atoms with Crippen LogP contribution in [0.4, 0.5) is 0 Å². The monoisotopic (exact) mass is 344 g/mol. The fourth-order valence-corrected chi connectivity index (χ4v) is 2.77. The molecule has 0 saturated carbocycles. The number of terminal acetylenes is 1. The van der Waals surface area contributed by atoms with Crippen LogP contribution in [0.25, 0.3) is 10.8 Å². The summed E-state index contributed by atoms with van der Waals surface area (Å²) in [6.07, 6.45) is 12.4. The minimum atomic E-state index is 0.728. The second kappa shape index (κ2) is 10.1. The molecule has 0 amide bonds. The van der Waals surface area contributed by atoms with E-state index in [1.807, 2.05) is 19.1 Å². The topological polar surface area (TPSA) is 18.5 Å². The Morgan fingerprint density at radius 2 is 1.54 bits per heavy atom. The van der Waals surface area contributed by atoms with E-state index in [4.69, 9.17) is 15.9 Å². The first-order valence-electron chi connectivity index (χ1n) is 8.97. The maximum atomic E-state index is 6.11. The van der Waals surface area contributed by atoms with Crippen LogP contribution in [0, 0.1) is 50.1 Å². The van der Waals surface area contributed by atoms with Crippen molar-refractivity contribution >= 4 is 10.8 Å². The zero-order valence-corrected chi connectivity index (χ0v) is 15.7. The molecule has 2 aromatic rings. The van der Waals surface area contributed by atoms with Gasteiger partial charge in [-0.2, -0.15) is 0 Å². The lowest BCUT2D eigenvalue weighted by Gasteiger charge is -2.15. The van der Waals surface area contributed by atoms with Gasteiger partial charge in [0, 0.05) is 22.6 Å². The number of hydrogen-bond donors (Lipinski definition) is 0. The minimum Gasteiger partial charge on any atom is -0.493 e. The van der Waals surface area contributed by atoms with Crippen LogP contribution in [0.5, 0.6) is 11.5 Å². The van der Waals surface area contributed by atoms with Gasteiger partial charge in [0.25, 0.3) is 0 Å². The third-order valence-corrected chi connectivity index (χ3v) is 4.14. The Bertz CT molecular complexity index is 924. The second-order valence-corrected chi connectivity index (χ2v) is 6.15. The predicted octanol–water partition coefficient (Wildman–Crippen LogP) is 5.39. The van der Waals surface area contributed by atoms with Gasteiger partial charge < -0.3 is 9.47 Å². The number of unbranched alkanes of at least 4 members (excludes halogenated alkanes) is 3. The molecule has 0 aliphatic rings. The molecule has 0 N–H and O–H groups in total. The molecule has 0 unspecified atom stereocenters. The molecule has 0 heterocycles. The van der Waals surface area contributed by atoms with E-state index in [0.29, 0.717) is 0 Å². The lowest BCUT2D eigenvalue weighted by atomic mass is 10.0. The van der Waals surface area contributed by atoms with Crippen LogP contribution in [0.1, 0.15) is 43.7 Å². The summed E-state index contributed by atoms with van der Waals surface area (Å²) in [5.74, 6) is 11.5. The zero-order valence-electron chi connectivity index (χ0n) is 15.7. The molecule has 0 aromatic heterocycles. The molecule has 0 fully saturated rings. The summed E-state index contributed by atoms with van der Waals surface area (Å²) in [6, 6.07) is 8.21. The number of rotatable bonds is 7. The van der Waals surface area contributed by atoms with E-state index in [-0.39, 0.29) is 0 Å². The Hall–Kier alpha value is -3.02. The fourth-order valence-electron chi connectivity index (χ4n) is 2.77. The van der Waals surface area contributed by atoms with Gasteiger partial charge in [-0.15, -0.1) is 6.42 Å². The maximum Gasteiger partial charge on any atom is 0.151 e. The SMILES string of the molecule is C#CC#CC#COc1c(C)ccc2c(OCCCCCC)c(C)ccc12. The molecule has 2 rings (SSSR count). The smallest absolute Gasteiger partial charge is 0.151 e. The van der Waals surface area contributed by atoms with Gasteiger partial charge in [0.15, 0.2) is 5.75 Å². The molecule has 0 atom stereocenters. The van der Waals surface area contributed by atoms with E-state index in [9.17, 15) is 0 Å². The van der Waals surface area contributed by atoms with E-state index in [1.54, 1.807) is 0 Å². The average molecular weight is 344 g/mol. The van der Waals surface area contributed by atoms with E-state index in [1.165, 1.54) is 19.3 Å². The lowest BCUT2D eigenvalue weighted by Crippen LogP contribution is -2.00. The van der Waals surface area contributed by atoms with Crippen LogP contribution in [0.15, 0.2) is 24.3 Å². The molecular formula is C24H24O2. The Morgan fingerprint density at radius 1 is 0.846 bits per heavy atom. The molecule has 2 nitrogen and oxygen atoms in total. The molecular weight excluding hydrogens is 320 g/mol. The summed E-state index contributed by atoms with van der Waals surface area (Å²) in [5.41, 5.74) is 2.13. The van der Waals surface area contributed by atoms with Gasteiger partial charge in [0.05, 0.1) is 6.61 Å². The van der Waals surface area contributed by atoms with Crippen LogP contribution in [-0.2, 0) is 0 Å². The van der Waals surface area contributed by atoms with Crippen LogP contribution in [-0.4, -0.2) is 6.61 Å². The van der Waals surface area contributed by atoms with Crippen molar-refractivity contribution in [2.75, 3.05) is 6.61 Å². The van der Waals surface area contributed by atoms with E-state index in [2.05, 4.69) is 55.8 Å². The van der Waals surface area contributed by atoms with Gasteiger partial charge in [0.2, 0.25) is 0 Å². The molecule has 0 bridgehead atoms. The van der Waals surface area contributed by atoms with Gasteiger partial charge in [0.1, 0.15) is 11.9 Å².